The lowest BCUT2D eigenvalue weighted by molar-refractivity contribution is 0.0720. The molecule has 1 unspecified atom stereocenters. The minimum absolute atomic E-state index is 0.00319. The van der Waals surface area contributed by atoms with Crippen molar-refractivity contribution >= 4 is 17.5 Å². The standard InChI is InChI=1S/C12H15ClN2O/c1-9-4-2-6-14-11(9)12(16)15-7-3-5-10(13)8-15/h2,4,6,10H,3,5,7-8H2,1H3. The van der Waals surface area contributed by atoms with Gasteiger partial charge in [0.2, 0.25) is 0 Å². The first-order valence-corrected chi connectivity index (χ1v) is 5.97. The number of pyridine rings is 1. The molecule has 1 amide bonds. The third-order valence-electron chi connectivity index (χ3n) is 2.86. The fourth-order valence-corrected chi connectivity index (χ4v) is 2.29. The van der Waals surface area contributed by atoms with Crippen LogP contribution in [0.15, 0.2) is 18.3 Å². The van der Waals surface area contributed by atoms with Crippen LogP contribution in [0.3, 0.4) is 0 Å². The number of aryl methyl sites for hydroxylation is 1. The number of rotatable bonds is 1. The summed E-state index contributed by atoms with van der Waals surface area (Å²) in [5.41, 5.74) is 1.47. The predicted molar refractivity (Wildman–Crippen MR) is 63.8 cm³/mol. The number of alkyl halides is 1. The van der Waals surface area contributed by atoms with Crippen molar-refractivity contribution in [1.29, 1.82) is 0 Å². The third kappa shape index (κ3) is 2.35. The Morgan fingerprint density at radius 2 is 2.44 bits per heavy atom. The summed E-state index contributed by atoms with van der Waals surface area (Å²) < 4.78 is 0. The van der Waals surface area contributed by atoms with Crippen LogP contribution in [0, 0.1) is 6.92 Å². The van der Waals surface area contributed by atoms with Crippen molar-refractivity contribution in [1.82, 2.24) is 9.88 Å². The van der Waals surface area contributed by atoms with Gasteiger partial charge in [0.05, 0.1) is 5.38 Å². The first-order valence-electron chi connectivity index (χ1n) is 5.53. The molecule has 0 aromatic carbocycles. The van der Waals surface area contributed by atoms with E-state index in [4.69, 9.17) is 11.6 Å². The van der Waals surface area contributed by atoms with Gasteiger partial charge in [-0.3, -0.25) is 9.78 Å². The van der Waals surface area contributed by atoms with Crippen molar-refractivity contribution in [3.8, 4) is 0 Å². The summed E-state index contributed by atoms with van der Waals surface area (Å²) in [6.07, 6.45) is 3.63. The average Bonchev–Trinajstić information content (AvgIpc) is 2.29. The van der Waals surface area contributed by atoms with Crippen LogP contribution in [0.4, 0.5) is 0 Å². The molecule has 1 aliphatic rings. The Labute approximate surface area is 100 Å². The molecule has 0 radical (unpaired) electrons. The molecule has 0 spiro atoms. The van der Waals surface area contributed by atoms with Gasteiger partial charge in [0.1, 0.15) is 5.69 Å². The fourth-order valence-electron chi connectivity index (χ4n) is 1.97. The maximum absolute atomic E-state index is 12.2. The molecule has 1 aromatic heterocycles. The van der Waals surface area contributed by atoms with Crippen LogP contribution in [0.25, 0.3) is 0 Å². The van der Waals surface area contributed by atoms with Gasteiger partial charge < -0.3 is 4.90 Å². The van der Waals surface area contributed by atoms with Crippen molar-refractivity contribution in [2.75, 3.05) is 13.1 Å². The predicted octanol–water partition coefficient (Wildman–Crippen LogP) is 2.23. The largest absolute Gasteiger partial charge is 0.336 e. The van der Waals surface area contributed by atoms with Crippen LogP contribution in [-0.4, -0.2) is 34.3 Å². The van der Waals surface area contributed by atoms with E-state index in [1.54, 1.807) is 11.1 Å². The Hall–Kier alpha value is -1.09. The molecule has 1 aromatic rings. The minimum atomic E-state index is 0.00319. The number of halogens is 1. The molecule has 1 atom stereocenters. The summed E-state index contributed by atoms with van der Waals surface area (Å²) in [7, 11) is 0. The Kier molecular flexibility index (Phi) is 3.44. The first-order chi connectivity index (χ1) is 7.68. The van der Waals surface area contributed by atoms with Gasteiger partial charge in [-0.25, -0.2) is 0 Å². The van der Waals surface area contributed by atoms with Crippen molar-refractivity contribution in [3.63, 3.8) is 0 Å². The van der Waals surface area contributed by atoms with E-state index in [-0.39, 0.29) is 11.3 Å². The molecule has 0 bridgehead atoms. The summed E-state index contributed by atoms with van der Waals surface area (Å²) in [5, 5.41) is 0.0849. The smallest absolute Gasteiger partial charge is 0.272 e. The van der Waals surface area contributed by atoms with Gasteiger partial charge in [-0.15, -0.1) is 11.6 Å². The zero-order chi connectivity index (χ0) is 11.5. The fraction of sp³-hybridized carbons (Fsp3) is 0.500. The molecule has 0 N–H and O–H groups in total. The van der Waals surface area contributed by atoms with E-state index in [1.807, 2.05) is 19.1 Å². The highest BCUT2D eigenvalue weighted by Gasteiger charge is 2.24. The molecule has 2 heterocycles. The molecule has 0 aliphatic carbocycles. The van der Waals surface area contributed by atoms with Crippen LogP contribution in [0.1, 0.15) is 28.9 Å². The van der Waals surface area contributed by atoms with E-state index in [2.05, 4.69) is 4.98 Å². The van der Waals surface area contributed by atoms with Crippen molar-refractivity contribution in [2.45, 2.75) is 25.1 Å². The van der Waals surface area contributed by atoms with E-state index >= 15 is 0 Å². The van der Waals surface area contributed by atoms with Gasteiger partial charge in [-0.2, -0.15) is 0 Å². The molecule has 1 fully saturated rings. The van der Waals surface area contributed by atoms with Crippen molar-refractivity contribution in [3.05, 3.63) is 29.6 Å². The number of piperidine rings is 1. The second-order valence-electron chi connectivity index (χ2n) is 4.16. The van der Waals surface area contributed by atoms with Crippen LogP contribution in [0.5, 0.6) is 0 Å². The monoisotopic (exact) mass is 238 g/mol. The highest BCUT2D eigenvalue weighted by Crippen LogP contribution is 2.17. The molecule has 4 heteroatoms. The summed E-state index contributed by atoms with van der Waals surface area (Å²) in [6.45, 7) is 3.33. The summed E-state index contributed by atoms with van der Waals surface area (Å²) in [6, 6.07) is 3.75. The SMILES string of the molecule is Cc1cccnc1C(=O)N1CCCC(Cl)C1. The second kappa shape index (κ2) is 4.83. The second-order valence-corrected chi connectivity index (χ2v) is 4.78. The van der Waals surface area contributed by atoms with Gasteiger partial charge in [0.25, 0.3) is 5.91 Å². The number of hydrogen-bond acceptors (Lipinski definition) is 2. The Bertz CT molecular complexity index is 394. The molecule has 1 saturated heterocycles. The zero-order valence-corrected chi connectivity index (χ0v) is 10.1. The quantitative estimate of drug-likeness (QED) is 0.703. The van der Waals surface area contributed by atoms with Gasteiger partial charge in [0, 0.05) is 19.3 Å². The first kappa shape index (κ1) is 11.4. The summed E-state index contributed by atoms with van der Waals surface area (Å²) >= 11 is 6.07. The summed E-state index contributed by atoms with van der Waals surface area (Å²) in [4.78, 5) is 18.1. The van der Waals surface area contributed by atoms with E-state index < -0.39 is 0 Å². The normalized spacial score (nSPS) is 20.9. The van der Waals surface area contributed by atoms with E-state index in [1.165, 1.54) is 0 Å². The maximum atomic E-state index is 12.2. The van der Waals surface area contributed by atoms with Crippen LogP contribution < -0.4 is 0 Å². The zero-order valence-electron chi connectivity index (χ0n) is 9.32. The third-order valence-corrected chi connectivity index (χ3v) is 3.22. The van der Waals surface area contributed by atoms with E-state index in [9.17, 15) is 4.79 Å². The molecular weight excluding hydrogens is 224 g/mol. The lowest BCUT2D eigenvalue weighted by atomic mass is 10.1. The molecule has 1 aliphatic heterocycles. The number of carbonyl (C=O) groups is 1. The molecule has 0 saturated carbocycles. The Morgan fingerprint density at radius 1 is 1.62 bits per heavy atom. The number of nitrogens with zero attached hydrogens (tertiary/aromatic N) is 2. The van der Waals surface area contributed by atoms with Gasteiger partial charge >= 0.3 is 0 Å². The number of carbonyl (C=O) groups excluding carboxylic acids is 1. The van der Waals surface area contributed by atoms with Crippen molar-refractivity contribution < 1.29 is 4.79 Å². The molecule has 3 nitrogen and oxygen atoms in total. The van der Waals surface area contributed by atoms with E-state index in [0.29, 0.717) is 12.2 Å². The number of amides is 1. The minimum Gasteiger partial charge on any atom is -0.336 e. The lowest BCUT2D eigenvalue weighted by Crippen LogP contribution is -2.41. The number of hydrogen-bond donors (Lipinski definition) is 0. The topological polar surface area (TPSA) is 33.2 Å². The molecule has 2 rings (SSSR count). The highest BCUT2D eigenvalue weighted by molar-refractivity contribution is 6.21. The molecule has 86 valence electrons. The number of aromatic nitrogens is 1. The molecular formula is C12H15ClN2O. The lowest BCUT2D eigenvalue weighted by Gasteiger charge is -2.29. The molecule has 16 heavy (non-hydrogen) atoms. The van der Waals surface area contributed by atoms with E-state index in [0.717, 1.165) is 24.9 Å². The van der Waals surface area contributed by atoms with Crippen LogP contribution >= 0.6 is 11.6 Å². The summed E-state index contributed by atoms with van der Waals surface area (Å²) in [5.74, 6) is 0.00319. The van der Waals surface area contributed by atoms with Gasteiger partial charge in [-0.1, -0.05) is 6.07 Å². The Morgan fingerprint density at radius 3 is 3.12 bits per heavy atom. The number of likely N-dealkylation sites (tertiary alicyclic amines) is 1. The van der Waals surface area contributed by atoms with Gasteiger partial charge in [0.15, 0.2) is 0 Å². The Balaban J connectivity index is 2.16. The van der Waals surface area contributed by atoms with Crippen LogP contribution in [0.2, 0.25) is 0 Å². The maximum Gasteiger partial charge on any atom is 0.272 e. The average molecular weight is 239 g/mol. The van der Waals surface area contributed by atoms with Crippen molar-refractivity contribution in [2.24, 2.45) is 0 Å². The van der Waals surface area contributed by atoms with Gasteiger partial charge in [-0.05, 0) is 31.4 Å². The van der Waals surface area contributed by atoms with Crippen LogP contribution in [-0.2, 0) is 0 Å². The highest BCUT2D eigenvalue weighted by atomic mass is 35.5.